The molecule has 2 heterocycles. The van der Waals surface area contributed by atoms with Gasteiger partial charge in [-0.2, -0.15) is 5.10 Å². The third kappa shape index (κ3) is 3.28. The van der Waals surface area contributed by atoms with Crippen LogP contribution in [-0.2, 0) is 13.5 Å². The summed E-state index contributed by atoms with van der Waals surface area (Å²) in [4.78, 5) is 15.0. The van der Waals surface area contributed by atoms with Crippen molar-refractivity contribution in [1.82, 2.24) is 20.0 Å². The lowest BCUT2D eigenvalue weighted by Gasteiger charge is -2.30. The van der Waals surface area contributed by atoms with Crippen LogP contribution in [0, 0.1) is 0 Å². The van der Waals surface area contributed by atoms with Crippen LogP contribution in [0.25, 0.3) is 0 Å². The first kappa shape index (κ1) is 14.6. The Morgan fingerprint density at radius 2 is 2.24 bits per heavy atom. The van der Waals surface area contributed by atoms with E-state index in [4.69, 9.17) is 0 Å². The van der Waals surface area contributed by atoms with E-state index >= 15 is 0 Å². The molecule has 1 unspecified atom stereocenters. The maximum absolute atomic E-state index is 12.9. The summed E-state index contributed by atoms with van der Waals surface area (Å²) in [7, 11) is 1.87. The smallest absolute Gasteiger partial charge is 0.272 e. The van der Waals surface area contributed by atoms with Crippen molar-refractivity contribution in [2.75, 3.05) is 13.1 Å². The molecule has 1 N–H and O–H groups in total. The second-order valence-corrected chi connectivity index (χ2v) is 6.33. The van der Waals surface area contributed by atoms with E-state index in [1.165, 1.54) is 19.3 Å². The summed E-state index contributed by atoms with van der Waals surface area (Å²) < 4.78 is 1.74. The Morgan fingerprint density at radius 3 is 2.81 bits per heavy atom. The lowest BCUT2D eigenvalue weighted by atomic mass is 10.0. The zero-order valence-electron chi connectivity index (χ0n) is 13.1. The molecule has 1 saturated heterocycles. The second kappa shape index (κ2) is 6.18. The maximum Gasteiger partial charge on any atom is 0.272 e. The molecule has 5 nitrogen and oxygen atoms in total. The van der Waals surface area contributed by atoms with E-state index in [1.54, 1.807) is 4.68 Å². The number of carbonyl (C=O) groups is 1. The lowest BCUT2D eigenvalue weighted by molar-refractivity contribution is 0.0706. The summed E-state index contributed by atoms with van der Waals surface area (Å²) in [5, 5.41) is 7.97. The summed E-state index contributed by atoms with van der Waals surface area (Å²) in [6, 6.07) is 2.86. The number of carbonyl (C=O) groups excluding carboxylic acids is 1. The molecule has 1 aromatic rings. The molecule has 2 aliphatic rings. The molecule has 5 heteroatoms. The van der Waals surface area contributed by atoms with E-state index in [0.29, 0.717) is 12.1 Å². The molecule has 1 aromatic heterocycles. The summed E-state index contributed by atoms with van der Waals surface area (Å²) in [5.41, 5.74) is 1.72. The molecule has 1 atom stereocenters. The van der Waals surface area contributed by atoms with Crippen LogP contribution in [0.3, 0.4) is 0 Å². The average molecular weight is 290 g/mol. The van der Waals surface area contributed by atoms with Gasteiger partial charge in [-0.1, -0.05) is 13.3 Å². The van der Waals surface area contributed by atoms with E-state index in [-0.39, 0.29) is 5.91 Å². The fourth-order valence-electron chi connectivity index (χ4n) is 3.15. The molecule has 1 amide bonds. The van der Waals surface area contributed by atoms with Crippen LogP contribution in [0.1, 0.15) is 55.2 Å². The number of nitrogens with zero attached hydrogens (tertiary/aromatic N) is 3. The predicted octanol–water partition coefficient (Wildman–Crippen LogP) is 1.73. The van der Waals surface area contributed by atoms with E-state index in [1.807, 2.05) is 13.1 Å². The van der Waals surface area contributed by atoms with Gasteiger partial charge in [-0.15, -0.1) is 0 Å². The van der Waals surface area contributed by atoms with Crippen LogP contribution < -0.4 is 5.32 Å². The zero-order valence-corrected chi connectivity index (χ0v) is 13.1. The van der Waals surface area contributed by atoms with Crippen LogP contribution in [0.5, 0.6) is 0 Å². The highest BCUT2D eigenvalue weighted by atomic mass is 16.2. The Hall–Kier alpha value is -1.36. The monoisotopic (exact) mass is 290 g/mol. The summed E-state index contributed by atoms with van der Waals surface area (Å²) >= 11 is 0. The standard InChI is InChI=1S/C16H26N4O/c1-3-12-10-15(19(2)18-12)16(21)20(14-7-8-14)11-13-6-4-5-9-17-13/h10,13-14,17H,3-9,11H2,1-2H3. The molecular weight excluding hydrogens is 264 g/mol. The number of rotatable bonds is 5. The number of aromatic nitrogens is 2. The molecule has 1 aliphatic heterocycles. The quantitative estimate of drug-likeness (QED) is 0.898. The minimum atomic E-state index is 0.152. The molecule has 1 saturated carbocycles. The van der Waals surface area contributed by atoms with Gasteiger partial charge in [0.2, 0.25) is 0 Å². The van der Waals surface area contributed by atoms with E-state index in [0.717, 1.165) is 43.7 Å². The van der Waals surface area contributed by atoms with Gasteiger partial charge in [0.15, 0.2) is 0 Å². The van der Waals surface area contributed by atoms with Crippen LogP contribution in [0.15, 0.2) is 6.07 Å². The number of nitrogens with one attached hydrogen (secondary N) is 1. The third-order valence-corrected chi connectivity index (χ3v) is 4.59. The highest BCUT2D eigenvalue weighted by Crippen LogP contribution is 2.29. The number of aryl methyl sites for hydroxylation is 2. The van der Waals surface area contributed by atoms with Gasteiger partial charge < -0.3 is 10.2 Å². The van der Waals surface area contributed by atoms with Crippen molar-refractivity contribution < 1.29 is 4.79 Å². The second-order valence-electron chi connectivity index (χ2n) is 6.33. The van der Waals surface area contributed by atoms with Crippen molar-refractivity contribution in [3.05, 3.63) is 17.5 Å². The van der Waals surface area contributed by atoms with Gasteiger partial charge in [0.25, 0.3) is 5.91 Å². The molecule has 1 aliphatic carbocycles. The molecular formula is C16H26N4O. The van der Waals surface area contributed by atoms with Gasteiger partial charge in [0.05, 0.1) is 5.69 Å². The summed E-state index contributed by atoms with van der Waals surface area (Å²) in [6.45, 7) is 4.00. The fraction of sp³-hybridized carbons (Fsp3) is 0.750. The minimum Gasteiger partial charge on any atom is -0.333 e. The minimum absolute atomic E-state index is 0.152. The highest BCUT2D eigenvalue weighted by molar-refractivity contribution is 5.93. The molecule has 21 heavy (non-hydrogen) atoms. The molecule has 0 radical (unpaired) electrons. The first-order valence-corrected chi connectivity index (χ1v) is 8.26. The van der Waals surface area contributed by atoms with E-state index in [2.05, 4.69) is 22.2 Å². The summed E-state index contributed by atoms with van der Waals surface area (Å²) in [5.74, 6) is 0.152. The Bertz CT molecular complexity index is 500. The average Bonchev–Trinajstić information content (AvgIpc) is 3.27. The van der Waals surface area contributed by atoms with Crippen molar-refractivity contribution in [2.24, 2.45) is 7.05 Å². The SMILES string of the molecule is CCc1cc(C(=O)N(CC2CCCCN2)C2CC2)n(C)n1. The Labute approximate surface area is 126 Å². The van der Waals surface area contributed by atoms with Gasteiger partial charge in [-0.05, 0) is 44.7 Å². The van der Waals surface area contributed by atoms with Gasteiger partial charge >= 0.3 is 0 Å². The topological polar surface area (TPSA) is 50.2 Å². The van der Waals surface area contributed by atoms with Gasteiger partial charge in [-0.3, -0.25) is 9.48 Å². The number of piperidine rings is 1. The van der Waals surface area contributed by atoms with Crippen molar-refractivity contribution in [3.8, 4) is 0 Å². The van der Waals surface area contributed by atoms with Crippen molar-refractivity contribution in [2.45, 2.75) is 57.5 Å². The van der Waals surface area contributed by atoms with Crippen LogP contribution in [0.2, 0.25) is 0 Å². The van der Waals surface area contributed by atoms with Crippen LogP contribution in [-0.4, -0.2) is 45.8 Å². The maximum atomic E-state index is 12.9. The molecule has 3 rings (SSSR count). The van der Waals surface area contributed by atoms with Crippen molar-refractivity contribution in [1.29, 1.82) is 0 Å². The van der Waals surface area contributed by atoms with Gasteiger partial charge in [0, 0.05) is 25.7 Å². The van der Waals surface area contributed by atoms with Crippen LogP contribution in [0.4, 0.5) is 0 Å². The predicted molar refractivity (Wildman–Crippen MR) is 82.3 cm³/mol. The summed E-state index contributed by atoms with van der Waals surface area (Å²) in [6.07, 6.45) is 6.89. The first-order chi connectivity index (χ1) is 10.2. The number of amides is 1. The third-order valence-electron chi connectivity index (χ3n) is 4.59. The normalized spacial score (nSPS) is 22.3. The largest absolute Gasteiger partial charge is 0.333 e. The van der Waals surface area contributed by atoms with Gasteiger partial charge in [-0.25, -0.2) is 0 Å². The Balaban J connectivity index is 1.73. The van der Waals surface area contributed by atoms with E-state index in [9.17, 15) is 4.79 Å². The lowest BCUT2D eigenvalue weighted by Crippen LogP contribution is -2.47. The highest BCUT2D eigenvalue weighted by Gasteiger charge is 2.35. The fourth-order valence-corrected chi connectivity index (χ4v) is 3.15. The Morgan fingerprint density at radius 1 is 1.43 bits per heavy atom. The van der Waals surface area contributed by atoms with Crippen molar-refractivity contribution in [3.63, 3.8) is 0 Å². The van der Waals surface area contributed by atoms with E-state index < -0.39 is 0 Å². The molecule has 116 valence electrons. The first-order valence-electron chi connectivity index (χ1n) is 8.26. The Kier molecular flexibility index (Phi) is 4.29. The number of hydrogen-bond acceptors (Lipinski definition) is 3. The number of hydrogen-bond donors (Lipinski definition) is 1. The molecule has 0 aromatic carbocycles. The molecule has 0 spiro atoms. The van der Waals surface area contributed by atoms with Crippen molar-refractivity contribution >= 4 is 5.91 Å². The van der Waals surface area contributed by atoms with Crippen LogP contribution >= 0.6 is 0 Å². The molecule has 0 bridgehead atoms. The molecule has 2 fully saturated rings. The van der Waals surface area contributed by atoms with Gasteiger partial charge in [0.1, 0.15) is 5.69 Å². The zero-order chi connectivity index (χ0) is 14.8.